The summed E-state index contributed by atoms with van der Waals surface area (Å²) in [5, 5.41) is 2.54. The summed E-state index contributed by atoms with van der Waals surface area (Å²) in [5.74, 6) is -0.905. The van der Waals surface area contributed by atoms with Crippen molar-refractivity contribution < 1.29 is 18.4 Å². The molecule has 0 spiro atoms. The number of carbonyl (C=O) groups is 2. The fourth-order valence-electron chi connectivity index (χ4n) is 2.40. The molecule has 0 aliphatic heterocycles. The van der Waals surface area contributed by atoms with Crippen molar-refractivity contribution >= 4 is 27.7 Å². The molecule has 7 heteroatoms. The highest BCUT2D eigenvalue weighted by Gasteiger charge is 2.33. The summed E-state index contributed by atoms with van der Waals surface area (Å²) < 4.78 is 19.4. The summed E-state index contributed by atoms with van der Waals surface area (Å²) in [6, 6.07) is 9.63. The van der Waals surface area contributed by atoms with Crippen LogP contribution in [0.4, 0.5) is 4.39 Å². The van der Waals surface area contributed by atoms with E-state index in [1.807, 2.05) is 0 Å². The molecule has 2 amide bonds. The third kappa shape index (κ3) is 4.03. The molecule has 2 aromatic rings. The van der Waals surface area contributed by atoms with Crippen molar-refractivity contribution in [2.75, 3.05) is 6.54 Å². The second-order valence-corrected chi connectivity index (χ2v) is 6.41. The number of nitrogens with one attached hydrogen (secondary N) is 1. The summed E-state index contributed by atoms with van der Waals surface area (Å²) in [7, 11) is 0. The number of nitrogens with zero attached hydrogens (tertiary/aromatic N) is 1. The minimum atomic E-state index is -0.462. The topological polar surface area (TPSA) is 62.6 Å². The van der Waals surface area contributed by atoms with Crippen molar-refractivity contribution in [3.05, 3.63) is 58.2 Å². The van der Waals surface area contributed by atoms with Crippen LogP contribution in [0.15, 0.2) is 45.5 Å². The minimum absolute atomic E-state index is 0.117. The van der Waals surface area contributed by atoms with Crippen molar-refractivity contribution in [2.45, 2.75) is 25.4 Å². The van der Waals surface area contributed by atoms with E-state index < -0.39 is 5.91 Å². The van der Waals surface area contributed by atoms with Crippen LogP contribution in [0, 0.1) is 5.82 Å². The van der Waals surface area contributed by atoms with E-state index in [9.17, 15) is 14.0 Å². The summed E-state index contributed by atoms with van der Waals surface area (Å²) in [6.45, 7) is 0.0560. The number of hydrogen-bond donors (Lipinski definition) is 1. The average molecular weight is 395 g/mol. The number of hydrogen-bond acceptors (Lipinski definition) is 3. The van der Waals surface area contributed by atoms with Gasteiger partial charge >= 0.3 is 0 Å². The van der Waals surface area contributed by atoms with Crippen molar-refractivity contribution in [2.24, 2.45) is 0 Å². The molecular formula is C17H16BrFN2O3. The lowest BCUT2D eigenvalue weighted by atomic mass is 10.2. The lowest BCUT2D eigenvalue weighted by Gasteiger charge is -2.23. The first-order chi connectivity index (χ1) is 11.5. The van der Waals surface area contributed by atoms with Gasteiger partial charge in [-0.1, -0.05) is 18.2 Å². The van der Waals surface area contributed by atoms with E-state index in [1.165, 1.54) is 12.1 Å². The van der Waals surface area contributed by atoms with E-state index in [0.29, 0.717) is 10.2 Å². The summed E-state index contributed by atoms with van der Waals surface area (Å²) in [6.07, 6.45) is 1.80. The average Bonchev–Trinajstić information content (AvgIpc) is 3.32. The Morgan fingerprint density at radius 2 is 2.00 bits per heavy atom. The summed E-state index contributed by atoms with van der Waals surface area (Å²) in [4.78, 5) is 26.0. The van der Waals surface area contributed by atoms with Crippen LogP contribution >= 0.6 is 15.9 Å². The molecule has 0 unspecified atom stereocenters. The molecule has 1 N–H and O–H groups in total. The molecule has 3 rings (SSSR count). The molecule has 0 bridgehead atoms. The maximum absolute atomic E-state index is 13.8. The van der Waals surface area contributed by atoms with E-state index in [-0.39, 0.29) is 36.6 Å². The van der Waals surface area contributed by atoms with Gasteiger partial charge in [-0.25, -0.2) is 4.39 Å². The number of carbonyl (C=O) groups excluding carboxylic acids is 2. The Labute approximate surface area is 146 Å². The highest BCUT2D eigenvalue weighted by Crippen LogP contribution is 2.28. The summed E-state index contributed by atoms with van der Waals surface area (Å²) >= 11 is 3.12. The summed E-state index contributed by atoms with van der Waals surface area (Å²) in [5.41, 5.74) is 0.471. The number of furan rings is 1. The third-order valence-corrected chi connectivity index (χ3v) is 4.23. The lowest BCUT2D eigenvalue weighted by molar-refractivity contribution is -0.131. The van der Waals surface area contributed by atoms with Crippen molar-refractivity contribution in [3.8, 4) is 0 Å². The Bertz CT molecular complexity index is 758. The predicted molar refractivity (Wildman–Crippen MR) is 88.7 cm³/mol. The van der Waals surface area contributed by atoms with Gasteiger partial charge in [0, 0.05) is 18.2 Å². The fourth-order valence-corrected chi connectivity index (χ4v) is 2.70. The molecule has 0 radical (unpaired) electrons. The number of rotatable bonds is 6. The van der Waals surface area contributed by atoms with Gasteiger partial charge in [-0.05, 0) is 47.0 Å². The Kier molecular flexibility index (Phi) is 4.99. The van der Waals surface area contributed by atoms with Crippen LogP contribution in [0.3, 0.4) is 0 Å². The highest BCUT2D eigenvalue weighted by atomic mass is 79.9. The van der Waals surface area contributed by atoms with Gasteiger partial charge in [-0.15, -0.1) is 0 Å². The van der Waals surface area contributed by atoms with Crippen LogP contribution < -0.4 is 5.32 Å². The molecule has 1 aromatic carbocycles. The monoisotopic (exact) mass is 394 g/mol. The van der Waals surface area contributed by atoms with Gasteiger partial charge in [0.25, 0.3) is 5.91 Å². The maximum atomic E-state index is 13.8. The molecule has 1 aromatic heterocycles. The second kappa shape index (κ2) is 7.17. The Balaban J connectivity index is 1.61. The van der Waals surface area contributed by atoms with Gasteiger partial charge in [0.1, 0.15) is 5.82 Å². The normalized spacial score (nSPS) is 13.6. The van der Waals surface area contributed by atoms with E-state index in [0.717, 1.165) is 12.8 Å². The molecular weight excluding hydrogens is 379 g/mol. The third-order valence-electron chi connectivity index (χ3n) is 3.80. The molecule has 1 fully saturated rings. The highest BCUT2D eigenvalue weighted by molar-refractivity contribution is 9.10. The first-order valence-electron chi connectivity index (χ1n) is 7.61. The predicted octanol–water partition coefficient (Wildman–Crippen LogP) is 3.10. The van der Waals surface area contributed by atoms with E-state index in [2.05, 4.69) is 21.2 Å². The quantitative estimate of drug-likeness (QED) is 0.818. The van der Waals surface area contributed by atoms with Gasteiger partial charge < -0.3 is 14.6 Å². The molecule has 0 atom stereocenters. The van der Waals surface area contributed by atoms with Crippen molar-refractivity contribution in [1.29, 1.82) is 0 Å². The van der Waals surface area contributed by atoms with E-state index in [1.54, 1.807) is 29.2 Å². The molecule has 1 aliphatic rings. The molecule has 0 saturated heterocycles. The molecule has 126 valence electrons. The van der Waals surface area contributed by atoms with Gasteiger partial charge in [0.15, 0.2) is 10.4 Å². The molecule has 1 saturated carbocycles. The number of benzene rings is 1. The zero-order chi connectivity index (χ0) is 17.1. The van der Waals surface area contributed by atoms with Gasteiger partial charge in [-0.3, -0.25) is 9.59 Å². The maximum Gasteiger partial charge on any atom is 0.287 e. The van der Waals surface area contributed by atoms with Gasteiger partial charge in [0.2, 0.25) is 5.91 Å². The smallest absolute Gasteiger partial charge is 0.287 e. The first kappa shape index (κ1) is 16.7. The fraction of sp³-hybridized carbons (Fsp3) is 0.294. The standard InChI is InChI=1S/C17H16BrFN2O3/c18-15-8-7-14(24-15)17(23)20-9-16(22)21(12-5-6-12)10-11-3-1-2-4-13(11)19/h1-4,7-8,12H,5-6,9-10H2,(H,20,23). The number of halogens is 2. The Morgan fingerprint density at radius 1 is 1.25 bits per heavy atom. The second-order valence-electron chi connectivity index (χ2n) is 5.63. The van der Waals surface area contributed by atoms with Crippen molar-refractivity contribution in [3.63, 3.8) is 0 Å². The van der Waals surface area contributed by atoms with E-state index in [4.69, 9.17) is 4.42 Å². The van der Waals surface area contributed by atoms with Gasteiger partial charge in [-0.2, -0.15) is 0 Å². The zero-order valence-electron chi connectivity index (χ0n) is 12.8. The Hall–Kier alpha value is -2.15. The SMILES string of the molecule is O=C(NCC(=O)N(Cc1ccccc1F)C1CC1)c1ccc(Br)o1. The molecule has 1 aliphatic carbocycles. The van der Waals surface area contributed by atoms with Gasteiger partial charge in [0.05, 0.1) is 6.54 Å². The van der Waals surface area contributed by atoms with Crippen LogP contribution in [0.1, 0.15) is 29.0 Å². The van der Waals surface area contributed by atoms with Crippen LogP contribution in [0.5, 0.6) is 0 Å². The molecule has 24 heavy (non-hydrogen) atoms. The first-order valence-corrected chi connectivity index (χ1v) is 8.40. The largest absolute Gasteiger partial charge is 0.444 e. The lowest BCUT2D eigenvalue weighted by Crippen LogP contribution is -2.41. The molecule has 5 nitrogen and oxygen atoms in total. The molecule has 1 heterocycles. The van der Waals surface area contributed by atoms with Crippen molar-refractivity contribution in [1.82, 2.24) is 10.2 Å². The van der Waals surface area contributed by atoms with Crippen LogP contribution in [0.2, 0.25) is 0 Å². The zero-order valence-corrected chi connectivity index (χ0v) is 14.4. The van der Waals surface area contributed by atoms with Crippen LogP contribution in [0.25, 0.3) is 0 Å². The van der Waals surface area contributed by atoms with E-state index >= 15 is 0 Å². The number of amides is 2. The van der Waals surface area contributed by atoms with Crippen LogP contribution in [-0.4, -0.2) is 29.3 Å². The Morgan fingerprint density at radius 3 is 2.62 bits per heavy atom. The van der Waals surface area contributed by atoms with Crippen LogP contribution in [-0.2, 0) is 11.3 Å². The minimum Gasteiger partial charge on any atom is -0.444 e.